The first-order valence-electron chi connectivity index (χ1n) is 2.89. The summed E-state index contributed by atoms with van der Waals surface area (Å²) in [5.74, 6) is -0.217. The number of hydrogen-bond donors (Lipinski definition) is 1. The van der Waals surface area contributed by atoms with Crippen LogP contribution in [-0.4, -0.2) is 11.4 Å². The van der Waals surface area contributed by atoms with Gasteiger partial charge in [-0.1, -0.05) is 0 Å². The second-order valence-electron chi connectivity index (χ2n) is 1.96. The predicted octanol–water partition coefficient (Wildman–Crippen LogP) is 1.60. The number of benzene rings is 1. The van der Waals surface area contributed by atoms with E-state index in [4.69, 9.17) is 5.11 Å². The molecular weight excluding hydrogens is 146 g/mol. The van der Waals surface area contributed by atoms with Crippen LogP contribution >= 0.6 is 0 Å². The number of carbonyl (C=O) groups excluding carboxylic acids is 1. The zero-order valence-electron chi connectivity index (χ0n) is 5.52. The van der Waals surface area contributed by atoms with Crippen LogP contribution in [0.25, 0.3) is 0 Å². The summed E-state index contributed by atoms with van der Waals surface area (Å²) >= 11 is 0. The highest BCUT2D eigenvalue weighted by atomic mass is 16.3. The van der Waals surface area contributed by atoms with Crippen molar-refractivity contribution in [1.29, 1.82) is 0 Å². The lowest BCUT2D eigenvalue weighted by atomic mass is 10.2. The van der Waals surface area contributed by atoms with Gasteiger partial charge < -0.3 is 5.11 Å². The van der Waals surface area contributed by atoms with Crippen molar-refractivity contribution in [3.8, 4) is 5.75 Å². The zero-order valence-corrected chi connectivity index (χ0v) is 5.52. The Kier molecular flexibility index (Phi) is 1.96. The van der Waals surface area contributed by atoms with Gasteiger partial charge in [0.05, 0.1) is 0 Å². The Morgan fingerprint density at radius 1 is 1.45 bits per heavy atom. The number of phenols is 1. The molecule has 0 atom stereocenters. The molecular formula is C7H5NO3. The Morgan fingerprint density at radius 3 is 2.73 bits per heavy atom. The summed E-state index contributed by atoms with van der Waals surface area (Å²) in [6.07, 6.45) is 0.577. The lowest BCUT2D eigenvalue weighted by Crippen LogP contribution is -1.77. The van der Waals surface area contributed by atoms with E-state index in [0.29, 0.717) is 11.8 Å². The Balaban J connectivity index is 3.22. The molecule has 0 amide bonds. The van der Waals surface area contributed by atoms with E-state index < -0.39 is 0 Å². The van der Waals surface area contributed by atoms with Crippen LogP contribution in [0.1, 0.15) is 10.4 Å². The van der Waals surface area contributed by atoms with Crippen LogP contribution in [0, 0.1) is 4.91 Å². The van der Waals surface area contributed by atoms with Crippen LogP contribution in [0.2, 0.25) is 0 Å². The molecule has 1 aromatic rings. The Morgan fingerprint density at radius 2 is 2.18 bits per heavy atom. The van der Waals surface area contributed by atoms with Gasteiger partial charge in [0.1, 0.15) is 17.7 Å². The van der Waals surface area contributed by atoms with Crippen LogP contribution in [0.4, 0.5) is 5.69 Å². The van der Waals surface area contributed by atoms with Crippen molar-refractivity contribution in [2.24, 2.45) is 5.18 Å². The summed E-state index contributed by atoms with van der Waals surface area (Å²) < 4.78 is 0. The molecule has 0 radical (unpaired) electrons. The molecule has 56 valence electrons. The molecule has 0 saturated heterocycles. The molecule has 0 bridgehead atoms. The van der Waals surface area contributed by atoms with Crippen molar-refractivity contribution in [2.75, 3.05) is 0 Å². The minimum absolute atomic E-state index is 0.116. The molecule has 0 aromatic heterocycles. The summed E-state index contributed by atoms with van der Waals surface area (Å²) in [4.78, 5) is 20.1. The third-order valence-corrected chi connectivity index (χ3v) is 1.23. The normalized spacial score (nSPS) is 9.09. The Bertz CT molecular complexity index is 296. The number of nitroso groups, excluding NO2 is 1. The van der Waals surface area contributed by atoms with E-state index in [1.54, 1.807) is 0 Å². The summed E-state index contributed by atoms with van der Waals surface area (Å²) in [7, 11) is 0. The van der Waals surface area contributed by atoms with Gasteiger partial charge in [0.25, 0.3) is 0 Å². The van der Waals surface area contributed by atoms with Crippen molar-refractivity contribution >= 4 is 12.0 Å². The van der Waals surface area contributed by atoms with Gasteiger partial charge in [-0.25, -0.2) is 0 Å². The van der Waals surface area contributed by atoms with Crippen LogP contribution in [-0.2, 0) is 0 Å². The molecule has 1 aromatic carbocycles. The first-order valence-corrected chi connectivity index (χ1v) is 2.89. The van der Waals surface area contributed by atoms with E-state index in [1.165, 1.54) is 18.2 Å². The zero-order chi connectivity index (χ0) is 8.27. The molecule has 0 fully saturated rings. The fourth-order valence-corrected chi connectivity index (χ4v) is 0.687. The molecule has 0 unspecified atom stereocenters. The van der Waals surface area contributed by atoms with E-state index in [9.17, 15) is 9.70 Å². The highest BCUT2D eigenvalue weighted by Crippen LogP contribution is 2.25. The largest absolute Gasteiger partial charge is 0.506 e. The lowest BCUT2D eigenvalue weighted by molar-refractivity contribution is 0.112. The van der Waals surface area contributed by atoms with Crippen molar-refractivity contribution in [3.63, 3.8) is 0 Å². The smallest absolute Gasteiger partial charge is 0.150 e. The van der Waals surface area contributed by atoms with Crippen LogP contribution < -0.4 is 0 Å². The monoisotopic (exact) mass is 151 g/mol. The average Bonchev–Trinajstić information content (AvgIpc) is 2.05. The van der Waals surface area contributed by atoms with Crippen LogP contribution in [0.3, 0.4) is 0 Å². The van der Waals surface area contributed by atoms with E-state index in [-0.39, 0.29) is 11.4 Å². The summed E-state index contributed by atoms with van der Waals surface area (Å²) in [5.41, 5.74) is 0.201. The minimum atomic E-state index is -0.217. The molecule has 0 saturated carbocycles. The molecule has 4 nitrogen and oxygen atoms in total. The average molecular weight is 151 g/mol. The molecule has 0 aliphatic rings. The number of nitrogens with zero attached hydrogens (tertiary/aromatic N) is 1. The molecule has 1 rings (SSSR count). The lowest BCUT2D eigenvalue weighted by Gasteiger charge is -1.94. The fourth-order valence-electron chi connectivity index (χ4n) is 0.687. The highest BCUT2D eigenvalue weighted by Gasteiger charge is 2.00. The van der Waals surface area contributed by atoms with E-state index in [1.807, 2.05) is 0 Å². The molecule has 0 spiro atoms. The Labute approximate surface area is 62.4 Å². The molecule has 0 aliphatic heterocycles. The topological polar surface area (TPSA) is 66.7 Å². The van der Waals surface area contributed by atoms with Gasteiger partial charge in [0.15, 0.2) is 0 Å². The number of phenolic OH excluding ortho intramolecular Hbond substituents is 1. The van der Waals surface area contributed by atoms with Crippen molar-refractivity contribution in [3.05, 3.63) is 28.7 Å². The van der Waals surface area contributed by atoms with E-state index in [2.05, 4.69) is 5.18 Å². The molecule has 1 N–H and O–H groups in total. The van der Waals surface area contributed by atoms with Gasteiger partial charge in [-0.3, -0.25) is 4.79 Å². The number of aldehydes is 1. The van der Waals surface area contributed by atoms with Crippen molar-refractivity contribution < 1.29 is 9.90 Å². The minimum Gasteiger partial charge on any atom is -0.506 e. The maximum Gasteiger partial charge on any atom is 0.150 e. The van der Waals surface area contributed by atoms with Crippen molar-refractivity contribution in [2.45, 2.75) is 0 Å². The van der Waals surface area contributed by atoms with E-state index in [0.717, 1.165) is 0 Å². The van der Waals surface area contributed by atoms with Crippen molar-refractivity contribution in [1.82, 2.24) is 0 Å². The number of carbonyl (C=O) groups is 1. The van der Waals surface area contributed by atoms with Gasteiger partial charge in [0, 0.05) is 5.56 Å². The molecule has 4 heteroatoms. The third kappa shape index (κ3) is 1.40. The highest BCUT2D eigenvalue weighted by molar-refractivity contribution is 5.77. The van der Waals surface area contributed by atoms with Gasteiger partial charge in [-0.2, -0.15) is 0 Å². The molecule has 0 aliphatic carbocycles. The fraction of sp³-hybridized carbons (Fsp3) is 0. The SMILES string of the molecule is O=Cc1ccc(O)c(N=O)c1. The maximum absolute atomic E-state index is 10.2. The number of rotatable bonds is 2. The van der Waals surface area contributed by atoms with Gasteiger partial charge in [0.2, 0.25) is 0 Å². The summed E-state index contributed by atoms with van der Waals surface area (Å²) in [5, 5.41) is 11.4. The maximum atomic E-state index is 10.2. The standard InChI is InChI=1S/C7H5NO3/c9-4-5-1-2-7(10)6(3-5)8-11/h1-4,10H. The Hall–Kier alpha value is -1.71. The first-order chi connectivity index (χ1) is 5.27. The summed E-state index contributed by atoms with van der Waals surface area (Å²) in [6.45, 7) is 0. The second kappa shape index (κ2) is 2.92. The van der Waals surface area contributed by atoms with Crippen LogP contribution in [0.5, 0.6) is 5.75 Å². The van der Waals surface area contributed by atoms with Gasteiger partial charge in [-0.05, 0) is 23.4 Å². The number of hydrogen-bond acceptors (Lipinski definition) is 4. The number of aromatic hydroxyl groups is 1. The molecule has 0 heterocycles. The first kappa shape index (κ1) is 7.40. The van der Waals surface area contributed by atoms with Gasteiger partial charge >= 0.3 is 0 Å². The van der Waals surface area contributed by atoms with Crippen LogP contribution in [0.15, 0.2) is 23.4 Å². The molecule has 11 heavy (non-hydrogen) atoms. The third-order valence-electron chi connectivity index (χ3n) is 1.23. The van der Waals surface area contributed by atoms with Gasteiger partial charge in [-0.15, -0.1) is 4.91 Å². The van der Waals surface area contributed by atoms with E-state index >= 15 is 0 Å². The second-order valence-corrected chi connectivity index (χ2v) is 1.96. The summed E-state index contributed by atoms with van der Waals surface area (Å²) in [6, 6.07) is 3.87. The predicted molar refractivity (Wildman–Crippen MR) is 38.9 cm³/mol. The quantitative estimate of drug-likeness (QED) is 0.515.